The Morgan fingerprint density at radius 2 is 1.53 bits per heavy atom. The van der Waals surface area contributed by atoms with Crippen LogP contribution in [0, 0.1) is 13.8 Å². The molecule has 0 aliphatic heterocycles. The van der Waals surface area contributed by atoms with E-state index in [1.807, 2.05) is 19.9 Å². The number of halogens is 1. The molecule has 0 unspecified atom stereocenters. The van der Waals surface area contributed by atoms with Crippen molar-refractivity contribution in [1.82, 2.24) is 5.32 Å². The van der Waals surface area contributed by atoms with Crippen LogP contribution < -0.4 is 10.0 Å². The van der Waals surface area contributed by atoms with Crippen molar-refractivity contribution in [3.63, 3.8) is 0 Å². The van der Waals surface area contributed by atoms with Crippen LogP contribution in [-0.4, -0.2) is 29.0 Å². The minimum Gasteiger partial charge on any atom is -0.346 e. The van der Waals surface area contributed by atoms with Gasteiger partial charge in [-0.15, -0.1) is 0 Å². The van der Waals surface area contributed by atoms with E-state index < -0.39 is 31.8 Å². The van der Waals surface area contributed by atoms with Gasteiger partial charge in [-0.2, -0.15) is 0 Å². The highest BCUT2D eigenvalue weighted by Gasteiger charge is 2.21. The van der Waals surface area contributed by atoms with E-state index in [1.165, 1.54) is 30.3 Å². The lowest BCUT2D eigenvalue weighted by Gasteiger charge is -2.16. The molecule has 10 heteroatoms. The zero-order chi connectivity index (χ0) is 25.3. The Bertz CT molecular complexity index is 1450. The van der Waals surface area contributed by atoms with Gasteiger partial charge in [0.25, 0.3) is 15.9 Å². The van der Waals surface area contributed by atoms with E-state index in [2.05, 4.69) is 10.0 Å². The summed E-state index contributed by atoms with van der Waals surface area (Å²) in [5.74, 6) is -0.501. The summed E-state index contributed by atoms with van der Waals surface area (Å²) in [7, 11) is -7.37. The Morgan fingerprint density at radius 1 is 0.882 bits per heavy atom. The van der Waals surface area contributed by atoms with Crippen molar-refractivity contribution in [3.8, 4) is 0 Å². The monoisotopic (exact) mass is 520 g/mol. The molecule has 180 valence electrons. The molecular formula is C24H25ClN2O5S2. The number of rotatable bonds is 7. The number of sulfone groups is 1. The highest BCUT2D eigenvalue weighted by molar-refractivity contribution is 7.92. The van der Waals surface area contributed by atoms with Crippen LogP contribution >= 0.6 is 11.6 Å². The molecule has 7 nitrogen and oxygen atoms in total. The van der Waals surface area contributed by atoms with Gasteiger partial charge in [-0.25, -0.2) is 16.8 Å². The predicted octanol–water partition coefficient (Wildman–Crippen LogP) is 4.65. The van der Waals surface area contributed by atoms with Crippen LogP contribution in [0.4, 0.5) is 5.69 Å². The van der Waals surface area contributed by atoms with Crippen molar-refractivity contribution in [3.05, 3.63) is 87.9 Å². The zero-order valence-electron chi connectivity index (χ0n) is 19.1. The number of hydrogen-bond acceptors (Lipinski definition) is 5. The molecule has 1 atom stereocenters. The van der Waals surface area contributed by atoms with Crippen molar-refractivity contribution in [2.24, 2.45) is 0 Å². The molecule has 0 saturated carbocycles. The van der Waals surface area contributed by atoms with E-state index in [9.17, 15) is 21.6 Å². The molecule has 0 aliphatic rings. The highest BCUT2D eigenvalue weighted by Crippen LogP contribution is 2.26. The lowest BCUT2D eigenvalue weighted by atomic mass is 10.1. The number of hydrogen-bond donors (Lipinski definition) is 2. The minimum atomic E-state index is -4.05. The van der Waals surface area contributed by atoms with E-state index in [0.717, 1.165) is 17.4 Å². The number of anilines is 1. The smallest absolute Gasteiger partial charge is 0.263 e. The van der Waals surface area contributed by atoms with Crippen molar-refractivity contribution in [2.45, 2.75) is 36.6 Å². The fourth-order valence-electron chi connectivity index (χ4n) is 3.23. The van der Waals surface area contributed by atoms with Crippen molar-refractivity contribution in [2.75, 3.05) is 11.0 Å². The Balaban J connectivity index is 1.81. The van der Waals surface area contributed by atoms with Gasteiger partial charge in [0, 0.05) is 17.5 Å². The molecule has 0 fully saturated rings. The van der Waals surface area contributed by atoms with Crippen molar-refractivity contribution in [1.29, 1.82) is 0 Å². The third-order valence-electron chi connectivity index (χ3n) is 5.40. The average molecular weight is 521 g/mol. The summed E-state index contributed by atoms with van der Waals surface area (Å²) in [5.41, 5.74) is 3.15. The summed E-state index contributed by atoms with van der Waals surface area (Å²) in [6.07, 6.45) is 1.12. The molecule has 0 bridgehead atoms. The number of carbonyl (C=O) groups excluding carboxylic acids is 1. The Morgan fingerprint density at radius 3 is 2.12 bits per heavy atom. The SMILES string of the molecule is Cc1ccc(NS(=O)(=O)c2cc(C(=O)N[C@@H](C)c3ccc(S(C)(=O)=O)cc3)ccc2Cl)cc1C. The third kappa shape index (κ3) is 5.97. The van der Waals surface area contributed by atoms with Gasteiger partial charge in [0.2, 0.25) is 0 Å². The summed E-state index contributed by atoms with van der Waals surface area (Å²) in [6.45, 7) is 5.54. The van der Waals surface area contributed by atoms with Crippen molar-refractivity contribution < 1.29 is 21.6 Å². The summed E-state index contributed by atoms with van der Waals surface area (Å²) < 4.78 is 51.7. The molecule has 0 spiro atoms. The second-order valence-corrected chi connectivity index (χ2v) is 12.2. The maximum Gasteiger partial charge on any atom is 0.263 e. The largest absolute Gasteiger partial charge is 0.346 e. The van der Waals surface area contributed by atoms with Gasteiger partial charge >= 0.3 is 0 Å². The second-order valence-electron chi connectivity index (χ2n) is 8.09. The maximum absolute atomic E-state index is 13.0. The average Bonchev–Trinajstić information content (AvgIpc) is 2.75. The molecule has 0 heterocycles. The van der Waals surface area contributed by atoms with Crippen LogP contribution in [0.3, 0.4) is 0 Å². The Hall–Kier alpha value is -2.88. The standard InChI is InChI=1S/C24H25ClN2O5S2/c1-15-5-9-20(13-16(15)2)27-34(31,32)23-14-19(8-12-22(23)25)24(28)26-17(3)18-6-10-21(11-7-18)33(4,29)30/h5-14,17,27H,1-4H3,(H,26,28)/t17-/m0/s1. The number of carbonyl (C=O) groups is 1. The summed E-state index contributed by atoms with van der Waals surface area (Å²) in [5, 5.41) is 2.77. The van der Waals surface area contributed by atoms with E-state index >= 15 is 0 Å². The van der Waals surface area contributed by atoms with Crippen LogP contribution in [0.15, 0.2) is 70.5 Å². The molecule has 0 aliphatic carbocycles. The van der Waals surface area contributed by atoms with Gasteiger partial charge in [-0.05, 0) is 79.9 Å². The first kappa shape index (κ1) is 25.7. The first-order valence-corrected chi connectivity index (χ1v) is 14.0. The predicted molar refractivity (Wildman–Crippen MR) is 134 cm³/mol. The van der Waals surface area contributed by atoms with Gasteiger partial charge in [-0.3, -0.25) is 9.52 Å². The van der Waals surface area contributed by atoms with Crippen molar-refractivity contribution >= 4 is 43.1 Å². The van der Waals surface area contributed by atoms with E-state index in [4.69, 9.17) is 11.6 Å². The molecule has 3 aromatic rings. The normalized spacial score (nSPS) is 12.7. The van der Waals surface area contributed by atoms with E-state index in [0.29, 0.717) is 11.3 Å². The molecule has 0 saturated heterocycles. The third-order valence-corrected chi connectivity index (χ3v) is 8.39. The Labute approximate surface area is 205 Å². The number of benzene rings is 3. The first-order chi connectivity index (χ1) is 15.8. The molecule has 34 heavy (non-hydrogen) atoms. The first-order valence-electron chi connectivity index (χ1n) is 10.3. The summed E-state index contributed by atoms with van der Waals surface area (Å²) in [4.78, 5) is 12.8. The molecule has 3 rings (SSSR count). The zero-order valence-corrected chi connectivity index (χ0v) is 21.5. The van der Waals surface area contributed by atoms with Gasteiger partial charge < -0.3 is 5.32 Å². The van der Waals surface area contributed by atoms with Crippen LogP contribution in [-0.2, 0) is 19.9 Å². The molecule has 0 radical (unpaired) electrons. The molecule has 0 aromatic heterocycles. The van der Waals surface area contributed by atoms with Gasteiger partial charge in [-0.1, -0.05) is 29.8 Å². The highest BCUT2D eigenvalue weighted by atomic mass is 35.5. The summed E-state index contributed by atoms with van der Waals surface area (Å²) >= 11 is 6.16. The number of aryl methyl sites for hydroxylation is 2. The minimum absolute atomic E-state index is 0.0164. The van der Waals surface area contributed by atoms with Crippen LogP contribution in [0.2, 0.25) is 5.02 Å². The van der Waals surface area contributed by atoms with E-state index in [1.54, 1.807) is 31.2 Å². The van der Waals surface area contributed by atoms with Crippen LogP contribution in [0.5, 0.6) is 0 Å². The fourth-order valence-corrected chi connectivity index (χ4v) is 5.44. The van der Waals surface area contributed by atoms with Gasteiger partial charge in [0.15, 0.2) is 9.84 Å². The lowest BCUT2D eigenvalue weighted by molar-refractivity contribution is 0.0939. The second kappa shape index (κ2) is 9.77. The molecular weight excluding hydrogens is 496 g/mol. The maximum atomic E-state index is 13.0. The molecule has 2 N–H and O–H groups in total. The quantitative estimate of drug-likeness (QED) is 0.471. The number of nitrogens with one attached hydrogen (secondary N) is 2. The Kier molecular flexibility index (Phi) is 7.40. The molecule has 1 amide bonds. The molecule has 3 aromatic carbocycles. The van der Waals surface area contributed by atoms with Crippen LogP contribution in [0.25, 0.3) is 0 Å². The summed E-state index contributed by atoms with van der Waals surface area (Å²) in [6, 6.07) is 14.9. The number of amides is 1. The van der Waals surface area contributed by atoms with Crippen LogP contribution in [0.1, 0.15) is 40.0 Å². The number of sulfonamides is 1. The fraction of sp³-hybridized carbons (Fsp3) is 0.208. The topological polar surface area (TPSA) is 109 Å². The van der Waals surface area contributed by atoms with E-state index in [-0.39, 0.29) is 20.4 Å². The van der Waals surface area contributed by atoms with Gasteiger partial charge in [0.05, 0.1) is 16.0 Å². The lowest BCUT2D eigenvalue weighted by Crippen LogP contribution is -2.27. The van der Waals surface area contributed by atoms with Gasteiger partial charge in [0.1, 0.15) is 4.90 Å².